The summed E-state index contributed by atoms with van der Waals surface area (Å²) in [6.45, 7) is 0. The van der Waals surface area contributed by atoms with Gasteiger partial charge in [-0.15, -0.1) is 0 Å². The van der Waals surface area contributed by atoms with Crippen LogP contribution in [-0.4, -0.2) is 8.42 Å². The van der Waals surface area contributed by atoms with Crippen LogP contribution in [0.2, 0.25) is 5.02 Å². The van der Waals surface area contributed by atoms with Gasteiger partial charge in [0.2, 0.25) is 9.05 Å². The van der Waals surface area contributed by atoms with E-state index < -0.39 is 9.05 Å². The summed E-state index contributed by atoms with van der Waals surface area (Å²) in [6.07, 6.45) is 0. The summed E-state index contributed by atoms with van der Waals surface area (Å²) in [5.41, 5.74) is 0.562. The van der Waals surface area contributed by atoms with Crippen molar-refractivity contribution in [1.82, 2.24) is 0 Å². The van der Waals surface area contributed by atoms with E-state index in [1.165, 1.54) is 11.3 Å². The van der Waals surface area contributed by atoms with Gasteiger partial charge < -0.3 is 0 Å². The third-order valence-electron chi connectivity index (χ3n) is 1.02. The fourth-order valence-corrected chi connectivity index (χ4v) is 2.80. The van der Waals surface area contributed by atoms with Gasteiger partial charge >= 0.3 is 0 Å². The lowest BCUT2D eigenvalue weighted by Crippen LogP contribution is -1.93. The van der Waals surface area contributed by atoms with Crippen molar-refractivity contribution in [2.75, 3.05) is 0 Å². The van der Waals surface area contributed by atoms with Crippen LogP contribution in [0.15, 0.2) is 10.8 Å². The van der Waals surface area contributed by atoms with E-state index in [0.717, 1.165) is 0 Å². The van der Waals surface area contributed by atoms with E-state index in [9.17, 15) is 8.42 Å². The van der Waals surface area contributed by atoms with Crippen LogP contribution in [0.1, 0.15) is 5.56 Å². The zero-order chi connectivity index (χ0) is 8.48. The maximum Gasteiger partial charge on any atom is 0.236 e. The van der Waals surface area contributed by atoms with Gasteiger partial charge in [-0.05, 0) is 10.9 Å². The zero-order valence-corrected chi connectivity index (χ0v) is 8.40. The van der Waals surface area contributed by atoms with Gasteiger partial charge in [-0.1, -0.05) is 11.6 Å². The lowest BCUT2D eigenvalue weighted by atomic mass is 10.4. The maximum atomic E-state index is 10.6. The van der Waals surface area contributed by atoms with Crippen LogP contribution in [0.3, 0.4) is 0 Å². The van der Waals surface area contributed by atoms with Crippen LogP contribution in [0, 0.1) is 0 Å². The molecule has 0 saturated carbocycles. The SMILES string of the molecule is O=S(=O)(Cl)Cc1cscc1Cl. The Hall–Kier alpha value is 0.230. The predicted molar refractivity (Wildman–Crippen MR) is 47.8 cm³/mol. The van der Waals surface area contributed by atoms with Crippen molar-refractivity contribution in [3.05, 3.63) is 21.3 Å². The molecule has 0 aliphatic rings. The van der Waals surface area contributed by atoms with Crippen molar-refractivity contribution < 1.29 is 8.42 Å². The Labute approximate surface area is 78.2 Å². The first kappa shape index (κ1) is 9.32. The van der Waals surface area contributed by atoms with Gasteiger partial charge in [0.05, 0.1) is 10.8 Å². The van der Waals surface area contributed by atoms with Crippen LogP contribution in [0.4, 0.5) is 0 Å². The Balaban J connectivity index is 2.89. The van der Waals surface area contributed by atoms with Gasteiger partial charge in [0, 0.05) is 16.1 Å². The van der Waals surface area contributed by atoms with E-state index in [-0.39, 0.29) is 5.75 Å². The topological polar surface area (TPSA) is 34.1 Å². The molecule has 62 valence electrons. The van der Waals surface area contributed by atoms with Gasteiger partial charge in [0.15, 0.2) is 0 Å². The van der Waals surface area contributed by atoms with Crippen molar-refractivity contribution in [2.45, 2.75) is 5.75 Å². The average molecular weight is 231 g/mol. The smallest absolute Gasteiger partial charge is 0.212 e. The highest BCUT2D eigenvalue weighted by atomic mass is 35.7. The number of rotatable bonds is 2. The molecule has 0 fully saturated rings. The minimum atomic E-state index is -3.48. The highest BCUT2D eigenvalue weighted by Gasteiger charge is 2.10. The van der Waals surface area contributed by atoms with Gasteiger partial charge in [-0.3, -0.25) is 0 Å². The lowest BCUT2D eigenvalue weighted by molar-refractivity contribution is 0.609. The Morgan fingerprint density at radius 3 is 2.45 bits per heavy atom. The van der Waals surface area contributed by atoms with E-state index in [1.807, 2.05) is 0 Å². The Morgan fingerprint density at radius 2 is 2.09 bits per heavy atom. The summed E-state index contributed by atoms with van der Waals surface area (Å²) >= 11 is 6.99. The van der Waals surface area contributed by atoms with Crippen molar-refractivity contribution in [3.63, 3.8) is 0 Å². The van der Waals surface area contributed by atoms with Crippen LogP contribution < -0.4 is 0 Å². The Morgan fingerprint density at radius 1 is 1.45 bits per heavy atom. The Bertz CT molecular complexity index is 341. The molecule has 0 bridgehead atoms. The van der Waals surface area contributed by atoms with E-state index in [1.54, 1.807) is 10.8 Å². The van der Waals surface area contributed by atoms with Gasteiger partial charge in [-0.25, -0.2) is 8.42 Å². The monoisotopic (exact) mass is 230 g/mol. The molecule has 0 N–H and O–H groups in total. The third kappa shape index (κ3) is 2.99. The predicted octanol–water partition coefficient (Wildman–Crippen LogP) is 2.47. The number of hydrogen-bond donors (Lipinski definition) is 0. The van der Waals surface area contributed by atoms with Gasteiger partial charge in [-0.2, -0.15) is 11.3 Å². The number of halogens is 2. The average Bonchev–Trinajstić information content (AvgIpc) is 2.12. The summed E-state index contributed by atoms with van der Waals surface area (Å²) in [6, 6.07) is 0. The van der Waals surface area contributed by atoms with Crippen LogP contribution in [0.5, 0.6) is 0 Å². The van der Waals surface area contributed by atoms with Crippen LogP contribution in [0.25, 0.3) is 0 Å². The second-order valence-corrected chi connectivity index (χ2v) is 5.86. The molecule has 0 aliphatic heterocycles. The number of hydrogen-bond acceptors (Lipinski definition) is 3. The van der Waals surface area contributed by atoms with Crippen molar-refractivity contribution in [3.8, 4) is 0 Å². The first-order valence-electron chi connectivity index (χ1n) is 2.62. The lowest BCUT2D eigenvalue weighted by Gasteiger charge is -1.92. The molecule has 0 saturated heterocycles. The molecule has 11 heavy (non-hydrogen) atoms. The van der Waals surface area contributed by atoms with Gasteiger partial charge in [0.25, 0.3) is 0 Å². The molecular weight excluding hydrogens is 227 g/mol. The molecule has 6 heteroatoms. The zero-order valence-electron chi connectivity index (χ0n) is 5.25. The molecule has 0 aliphatic carbocycles. The van der Waals surface area contributed by atoms with Gasteiger partial charge in [0.1, 0.15) is 0 Å². The van der Waals surface area contributed by atoms with E-state index >= 15 is 0 Å². The second kappa shape index (κ2) is 3.31. The first-order valence-corrected chi connectivity index (χ1v) is 6.42. The summed E-state index contributed by atoms with van der Waals surface area (Å²) in [5, 5.41) is 3.79. The molecule has 0 atom stereocenters. The molecule has 1 heterocycles. The van der Waals surface area contributed by atoms with Crippen LogP contribution in [-0.2, 0) is 14.8 Å². The normalized spacial score (nSPS) is 11.8. The molecule has 0 spiro atoms. The summed E-state index contributed by atoms with van der Waals surface area (Å²) < 4.78 is 21.1. The minimum Gasteiger partial charge on any atom is -0.212 e. The second-order valence-electron chi connectivity index (χ2n) is 1.93. The fourth-order valence-electron chi connectivity index (χ4n) is 0.597. The molecule has 0 radical (unpaired) electrons. The number of thiophene rings is 1. The standard InChI is InChI=1S/C5H4Cl2O2S2/c6-5-2-10-1-4(5)3-11(7,8)9/h1-2H,3H2. The molecule has 0 unspecified atom stereocenters. The van der Waals surface area contributed by atoms with Crippen molar-refractivity contribution in [2.24, 2.45) is 0 Å². The summed E-state index contributed by atoms with van der Waals surface area (Å²) in [7, 11) is 1.54. The fraction of sp³-hybridized carbons (Fsp3) is 0.200. The van der Waals surface area contributed by atoms with E-state index in [0.29, 0.717) is 10.6 Å². The largest absolute Gasteiger partial charge is 0.236 e. The van der Waals surface area contributed by atoms with E-state index in [4.69, 9.17) is 22.3 Å². The van der Waals surface area contributed by atoms with Crippen molar-refractivity contribution >= 4 is 42.7 Å². The summed E-state index contributed by atoms with van der Waals surface area (Å²) in [5.74, 6) is -0.198. The quantitative estimate of drug-likeness (QED) is 0.732. The molecule has 0 amide bonds. The molecule has 2 nitrogen and oxygen atoms in total. The van der Waals surface area contributed by atoms with E-state index in [2.05, 4.69) is 0 Å². The molecule has 1 aromatic rings. The highest BCUT2D eigenvalue weighted by molar-refractivity contribution is 8.13. The van der Waals surface area contributed by atoms with Crippen molar-refractivity contribution in [1.29, 1.82) is 0 Å². The molecule has 1 rings (SSSR count). The van der Waals surface area contributed by atoms with Crippen LogP contribution >= 0.6 is 33.6 Å². The summed E-state index contributed by atoms with van der Waals surface area (Å²) in [4.78, 5) is 0. The maximum absolute atomic E-state index is 10.6. The molecular formula is C5H4Cl2O2S2. The highest BCUT2D eigenvalue weighted by Crippen LogP contribution is 2.23. The first-order chi connectivity index (χ1) is 4.99. The third-order valence-corrected chi connectivity index (χ3v) is 3.27. The molecule has 0 aromatic carbocycles. The minimum absolute atomic E-state index is 0.198. The molecule has 1 aromatic heterocycles. The Kier molecular flexibility index (Phi) is 2.80.